The largest absolute Gasteiger partial charge is 0.493 e. The van der Waals surface area contributed by atoms with Crippen LogP contribution in [-0.2, 0) is 6.42 Å². The minimum atomic E-state index is 0.576. The molecule has 2 aromatic carbocycles. The number of nitrogens with one attached hydrogen (secondary N) is 1. The maximum absolute atomic E-state index is 5.72. The SMILES string of the molecule is Cc1ccccc1CCNCC1CCOc2ccccc21. The lowest BCUT2D eigenvalue weighted by molar-refractivity contribution is 0.265. The number of fused-ring (bicyclic) bond motifs is 1. The first-order chi connectivity index (χ1) is 10.3. The Hall–Kier alpha value is -1.80. The van der Waals surface area contributed by atoms with Gasteiger partial charge in [-0.3, -0.25) is 0 Å². The van der Waals surface area contributed by atoms with Crippen molar-refractivity contribution in [2.45, 2.75) is 25.7 Å². The van der Waals surface area contributed by atoms with E-state index in [1.807, 2.05) is 6.07 Å². The zero-order valence-corrected chi connectivity index (χ0v) is 12.6. The Balaban J connectivity index is 1.52. The van der Waals surface area contributed by atoms with Crippen molar-refractivity contribution in [3.05, 3.63) is 65.2 Å². The summed E-state index contributed by atoms with van der Waals surface area (Å²) in [5.74, 6) is 1.64. The second-order valence-corrected chi connectivity index (χ2v) is 5.75. The second kappa shape index (κ2) is 6.77. The van der Waals surface area contributed by atoms with Gasteiger partial charge in [0.05, 0.1) is 6.61 Å². The average molecular weight is 281 g/mol. The first-order valence-corrected chi connectivity index (χ1v) is 7.81. The van der Waals surface area contributed by atoms with Crippen molar-refractivity contribution in [1.29, 1.82) is 0 Å². The van der Waals surface area contributed by atoms with Gasteiger partial charge in [-0.1, -0.05) is 42.5 Å². The predicted octanol–water partition coefficient (Wildman–Crippen LogP) is 3.69. The van der Waals surface area contributed by atoms with Gasteiger partial charge < -0.3 is 10.1 Å². The number of ether oxygens (including phenoxy) is 1. The molecule has 2 aromatic rings. The zero-order chi connectivity index (χ0) is 14.5. The number of para-hydroxylation sites is 1. The topological polar surface area (TPSA) is 21.3 Å². The highest BCUT2D eigenvalue weighted by molar-refractivity contribution is 5.38. The summed E-state index contributed by atoms with van der Waals surface area (Å²) < 4.78 is 5.72. The Labute approximate surface area is 127 Å². The molecule has 1 unspecified atom stereocenters. The third-order valence-corrected chi connectivity index (χ3v) is 4.31. The number of benzene rings is 2. The highest BCUT2D eigenvalue weighted by Crippen LogP contribution is 2.32. The summed E-state index contributed by atoms with van der Waals surface area (Å²) in [5, 5.41) is 3.62. The highest BCUT2D eigenvalue weighted by atomic mass is 16.5. The van der Waals surface area contributed by atoms with Crippen molar-refractivity contribution in [3.63, 3.8) is 0 Å². The fourth-order valence-corrected chi connectivity index (χ4v) is 3.02. The summed E-state index contributed by atoms with van der Waals surface area (Å²) in [6.07, 6.45) is 2.20. The number of hydrogen-bond donors (Lipinski definition) is 1. The molecule has 2 nitrogen and oxygen atoms in total. The normalized spacial score (nSPS) is 17.1. The van der Waals surface area contributed by atoms with Crippen LogP contribution in [0.15, 0.2) is 48.5 Å². The van der Waals surface area contributed by atoms with E-state index in [1.165, 1.54) is 16.7 Å². The molecular formula is C19H23NO. The van der Waals surface area contributed by atoms with E-state index < -0.39 is 0 Å². The van der Waals surface area contributed by atoms with E-state index >= 15 is 0 Å². The van der Waals surface area contributed by atoms with E-state index in [9.17, 15) is 0 Å². The monoisotopic (exact) mass is 281 g/mol. The molecule has 1 aliphatic rings. The second-order valence-electron chi connectivity index (χ2n) is 5.75. The van der Waals surface area contributed by atoms with Gasteiger partial charge in [-0.2, -0.15) is 0 Å². The Morgan fingerprint density at radius 3 is 2.81 bits per heavy atom. The molecule has 1 N–H and O–H groups in total. The van der Waals surface area contributed by atoms with Gasteiger partial charge >= 0.3 is 0 Å². The van der Waals surface area contributed by atoms with Crippen LogP contribution in [0.25, 0.3) is 0 Å². The van der Waals surface area contributed by atoms with Crippen LogP contribution in [0.2, 0.25) is 0 Å². The zero-order valence-electron chi connectivity index (χ0n) is 12.6. The van der Waals surface area contributed by atoms with Crippen molar-refractivity contribution in [3.8, 4) is 5.75 Å². The molecule has 0 bridgehead atoms. The third kappa shape index (κ3) is 3.45. The van der Waals surface area contributed by atoms with E-state index in [4.69, 9.17) is 4.74 Å². The lowest BCUT2D eigenvalue weighted by atomic mass is 9.93. The lowest BCUT2D eigenvalue weighted by Gasteiger charge is -2.26. The van der Waals surface area contributed by atoms with Crippen molar-refractivity contribution in [2.24, 2.45) is 0 Å². The average Bonchev–Trinajstić information content (AvgIpc) is 2.53. The fraction of sp³-hybridized carbons (Fsp3) is 0.368. The lowest BCUT2D eigenvalue weighted by Crippen LogP contribution is -2.27. The third-order valence-electron chi connectivity index (χ3n) is 4.31. The molecule has 2 heteroatoms. The Morgan fingerprint density at radius 2 is 1.90 bits per heavy atom. The first-order valence-electron chi connectivity index (χ1n) is 7.81. The van der Waals surface area contributed by atoms with E-state index in [2.05, 4.69) is 54.7 Å². The van der Waals surface area contributed by atoms with Crippen molar-refractivity contribution in [2.75, 3.05) is 19.7 Å². The van der Waals surface area contributed by atoms with Crippen LogP contribution in [0.5, 0.6) is 5.75 Å². The van der Waals surface area contributed by atoms with E-state index in [0.29, 0.717) is 5.92 Å². The molecule has 3 rings (SSSR count). The summed E-state index contributed by atoms with van der Waals surface area (Å²) in [4.78, 5) is 0. The molecule has 0 aromatic heterocycles. The first kappa shape index (κ1) is 14.2. The Kier molecular flexibility index (Phi) is 4.56. The molecule has 0 spiro atoms. The van der Waals surface area contributed by atoms with E-state index in [0.717, 1.165) is 38.3 Å². The molecular weight excluding hydrogens is 258 g/mol. The summed E-state index contributed by atoms with van der Waals surface area (Å²) in [5.41, 5.74) is 4.18. The van der Waals surface area contributed by atoms with Gasteiger partial charge in [-0.05, 0) is 49.1 Å². The highest BCUT2D eigenvalue weighted by Gasteiger charge is 2.20. The summed E-state index contributed by atoms with van der Waals surface area (Å²) >= 11 is 0. The minimum absolute atomic E-state index is 0.576. The minimum Gasteiger partial charge on any atom is -0.493 e. The maximum Gasteiger partial charge on any atom is 0.122 e. The van der Waals surface area contributed by atoms with Crippen LogP contribution in [0.3, 0.4) is 0 Å². The van der Waals surface area contributed by atoms with Gasteiger partial charge in [0.25, 0.3) is 0 Å². The fourth-order valence-electron chi connectivity index (χ4n) is 3.02. The molecule has 0 saturated carbocycles. The van der Waals surface area contributed by atoms with Crippen LogP contribution >= 0.6 is 0 Å². The van der Waals surface area contributed by atoms with E-state index in [-0.39, 0.29) is 0 Å². The van der Waals surface area contributed by atoms with Gasteiger partial charge in [0.1, 0.15) is 5.75 Å². The number of rotatable bonds is 5. The Morgan fingerprint density at radius 1 is 1.10 bits per heavy atom. The standard InChI is InChI=1S/C19H23NO/c1-15-6-2-3-7-16(15)10-12-20-14-17-11-13-21-19-9-5-4-8-18(17)19/h2-9,17,20H,10-14H2,1H3. The molecule has 110 valence electrons. The van der Waals surface area contributed by atoms with Crippen LogP contribution in [0.1, 0.15) is 29.0 Å². The molecule has 1 atom stereocenters. The molecule has 1 aliphatic heterocycles. The summed E-state index contributed by atoms with van der Waals surface area (Å²) in [7, 11) is 0. The molecule has 0 saturated heterocycles. The van der Waals surface area contributed by atoms with Gasteiger partial charge in [0, 0.05) is 12.5 Å². The van der Waals surface area contributed by atoms with Crippen LogP contribution in [0.4, 0.5) is 0 Å². The maximum atomic E-state index is 5.72. The van der Waals surface area contributed by atoms with Gasteiger partial charge in [-0.15, -0.1) is 0 Å². The smallest absolute Gasteiger partial charge is 0.122 e. The molecule has 0 amide bonds. The van der Waals surface area contributed by atoms with Gasteiger partial charge in [0.15, 0.2) is 0 Å². The number of hydrogen-bond acceptors (Lipinski definition) is 2. The van der Waals surface area contributed by atoms with Crippen LogP contribution in [0, 0.1) is 6.92 Å². The van der Waals surface area contributed by atoms with Crippen LogP contribution < -0.4 is 10.1 Å². The quantitative estimate of drug-likeness (QED) is 0.844. The van der Waals surface area contributed by atoms with Crippen molar-refractivity contribution in [1.82, 2.24) is 5.32 Å². The van der Waals surface area contributed by atoms with E-state index in [1.54, 1.807) is 0 Å². The van der Waals surface area contributed by atoms with Crippen molar-refractivity contribution < 1.29 is 4.74 Å². The predicted molar refractivity (Wildman–Crippen MR) is 87.0 cm³/mol. The molecule has 0 fully saturated rings. The van der Waals surface area contributed by atoms with Gasteiger partial charge in [-0.25, -0.2) is 0 Å². The molecule has 1 heterocycles. The summed E-state index contributed by atoms with van der Waals surface area (Å²) in [6.45, 7) is 5.09. The number of aryl methyl sites for hydroxylation is 1. The van der Waals surface area contributed by atoms with Crippen LogP contribution in [-0.4, -0.2) is 19.7 Å². The molecule has 0 aliphatic carbocycles. The van der Waals surface area contributed by atoms with Gasteiger partial charge in [0.2, 0.25) is 0 Å². The molecule has 0 radical (unpaired) electrons. The Bertz CT molecular complexity index is 594. The summed E-state index contributed by atoms with van der Waals surface area (Å²) in [6, 6.07) is 17.1. The molecule has 21 heavy (non-hydrogen) atoms. The van der Waals surface area contributed by atoms with Crippen molar-refractivity contribution >= 4 is 0 Å².